The van der Waals surface area contributed by atoms with Crippen LogP contribution in [-0.4, -0.2) is 5.91 Å². The molecule has 0 aliphatic rings. The van der Waals surface area contributed by atoms with Crippen LogP contribution in [-0.2, 0) is 6.42 Å². The van der Waals surface area contributed by atoms with E-state index < -0.39 is 5.63 Å². The highest BCUT2D eigenvalue weighted by atomic mass is 16.4. The number of carbonyl (C=O) groups is 1. The quantitative estimate of drug-likeness (QED) is 0.403. The van der Waals surface area contributed by atoms with Crippen molar-refractivity contribution in [1.29, 1.82) is 0 Å². The minimum atomic E-state index is -0.422. The molecule has 30 heavy (non-hydrogen) atoms. The summed E-state index contributed by atoms with van der Waals surface area (Å²) in [7, 11) is 0. The second kappa shape index (κ2) is 8.78. The molecule has 0 aliphatic heterocycles. The van der Waals surface area contributed by atoms with Gasteiger partial charge in [0, 0.05) is 16.6 Å². The van der Waals surface area contributed by atoms with Gasteiger partial charge in [-0.15, -0.1) is 0 Å². The fourth-order valence-corrected chi connectivity index (χ4v) is 3.43. The van der Waals surface area contributed by atoms with Gasteiger partial charge in [0.25, 0.3) is 5.91 Å². The Morgan fingerprint density at radius 2 is 1.73 bits per heavy atom. The molecule has 0 fully saturated rings. The number of amides is 1. The highest BCUT2D eigenvalue weighted by Crippen LogP contribution is 2.22. The van der Waals surface area contributed by atoms with Gasteiger partial charge in [-0.05, 0) is 60.4 Å². The van der Waals surface area contributed by atoms with E-state index in [2.05, 4.69) is 12.2 Å². The van der Waals surface area contributed by atoms with Gasteiger partial charge in [-0.3, -0.25) is 4.79 Å². The number of unbranched alkanes of at least 4 members (excludes halogenated alkanes) is 1. The molecule has 0 unspecified atom stereocenters. The summed E-state index contributed by atoms with van der Waals surface area (Å²) in [5, 5.41) is 3.76. The molecule has 0 saturated carbocycles. The van der Waals surface area contributed by atoms with E-state index in [4.69, 9.17) is 4.42 Å². The first-order valence-corrected chi connectivity index (χ1v) is 10.2. The summed E-state index contributed by atoms with van der Waals surface area (Å²) in [5.74, 6) is -0.219. The lowest BCUT2D eigenvalue weighted by atomic mass is 10.0. The molecule has 1 aromatic heterocycles. The van der Waals surface area contributed by atoms with Gasteiger partial charge in [-0.1, -0.05) is 55.8 Å². The van der Waals surface area contributed by atoms with Crippen LogP contribution in [0, 0.1) is 0 Å². The third-order valence-corrected chi connectivity index (χ3v) is 5.11. The van der Waals surface area contributed by atoms with E-state index in [0.717, 1.165) is 30.3 Å². The summed E-state index contributed by atoms with van der Waals surface area (Å²) in [5.41, 5.74) is 3.70. The zero-order chi connectivity index (χ0) is 20.9. The Morgan fingerprint density at radius 1 is 0.933 bits per heavy atom. The number of nitrogens with one attached hydrogen (secondary N) is 1. The van der Waals surface area contributed by atoms with Crippen LogP contribution in [0.15, 0.2) is 88.1 Å². The third-order valence-electron chi connectivity index (χ3n) is 5.11. The van der Waals surface area contributed by atoms with Gasteiger partial charge in [0.05, 0.1) is 5.56 Å². The van der Waals surface area contributed by atoms with Gasteiger partial charge in [0.15, 0.2) is 0 Å². The van der Waals surface area contributed by atoms with Crippen LogP contribution in [0.4, 0.5) is 5.69 Å². The summed E-state index contributed by atoms with van der Waals surface area (Å²) >= 11 is 0. The first-order valence-electron chi connectivity index (χ1n) is 10.2. The van der Waals surface area contributed by atoms with Crippen molar-refractivity contribution in [2.24, 2.45) is 0 Å². The van der Waals surface area contributed by atoms with E-state index in [1.807, 2.05) is 42.5 Å². The molecular formula is C26H23NO3. The molecule has 1 amide bonds. The predicted molar refractivity (Wildman–Crippen MR) is 121 cm³/mol. The molecule has 0 atom stereocenters. The Labute approximate surface area is 175 Å². The van der Waals surface area contributed by atoms with Crippen LogP contribution >= 0.6 is 0 Å². The van der Waals surface area contributed by atoms with Crippen LogP contribution in [0.3, 0.4) is 0 Å². The van der Waals surface area contributed by atoms with Gasteiger partial charge in [0.2, 0.25) is 0 Å². The number of hydrogen-bond acceptors (Lipinski definition) is 3. The molecule has 0 saturated heterocycles. The van der Waals surface area contributed by atoms with Gasteiger partial charge < -0.3 is 9.73 Å². The van der Waals surface area contributed by atoms with Gasteiger partial charge in [0.1, 0.15) is 5.58 Å². The minimum Gasteiger partial charge on any atom is -0.422 e. The molecular weight excluding hydrogens is 374 g/mol. The van der Waals surface area contributed by atoms with E-state index in [1.165, 1.54) is 5.56 Å². The van der Waals surface area contributed by atoms with Crippen molar-refractivity contribution in [3.63, 3.8) is 0 Å². The predicted octanol–water partition coefficient (Wildman–Crippen LogP) is 6.05. The molecule has 0 aliphatic carbocycles. The maximum atomic E-state index is 12.7. The van der Waals surface area contributed by atoms with Gasteiger partial charge in [-0.25, -0.2) is 4.79 Å². The molecule has 0 radical (unpaired) electrons. The van der Waals surface area contributed by atoms with Crippen molar-refractivity contribution >= 4 is 22.6 Å². The Kier molecular flexibility index (Phi) is 5.75. The molecule has 0 bridgehead atoms. The summed E-state index contributed by atoms with van der Waals surface area (Å²) in [6.07, 6.45) is 3.35. The number of aryl methyl sites for hydroxylation is 1. The second-order valence-electron chi connectivity index (χ2n) is 7.32. The Bertz CT molecular complexity index is 1240. The number of carbonyl (C=O) groups excluding carboxylic acids is 1. The lowest BCUT2D eigenvalue weighted by Gasteiger charge is -2.08. The zero-order valence-corrected chi connectivity index (χ0v) is 16.9. The largest absolute Gasteiger partial charge is 0.422 e. The maximum Gasteiger partial charge on any atom is 0.344 e. The van der Waals surface area contributed by atoms with E-state index in [1.54, 1.807) is 36.4 Å². The number of anilines is 1. The molecule has 4 nitrogen and oxygen atoms in total. The van der Waals surface area contributed by atoms with Gasteiger partial charge >= 0.3 is 5.63 Å². The van der Waals surface area contributed by atoms with Crippen molar-refractivity contribution in [1.82, 2.24) is 0 Å². The summed E-state index contributed by atoms with van der Waals surface area (Å²) in [4.78, 5) is 25.2. The third kappa shape index (κ3) is 4.33. The van der Waals surface area contributed by atoms with Crippen LogP contribution in [0.25, 0.3) is 22.1 Å². The minimum absolute atomic E-state index is 0.219. The molecule has 4 heteroatoms. The Balaban J connectivity index is 1.57. The van der Waals surface area contributed by atoms with E-state index in [9.17, 15) is 9.59 Å². The number of rotatable bonds is 6. The van der Waals surface area contributed by atoms with Crippen molar-refractivity contribution in [2.75, 3.05) is 5.32 Å². The first-order chi connectivity index (χ1) is 14.6. The number of fused-ring (bicyclic) bond motifs is 1. The van der Waals surface area contributed by atoms with Crippen LogP contribution in [0.5, 0.6) is 0 Å². The summed E-state index contributed by atoms with van der Waals surface area (Å²) in [6.45, 7) is 2.17. The molecule has 3 aromatic carbocycles. The second-order valence-corrected chi connectivity index (χ2v) is 7.32. The van der Waals surface area contributed by atoms with Crippen molar-refractivity contribution in [2.45, 2.75) is 26.2 Å². The fraction of sp³-hybridized carbons (Fsp3) is 0.154. The lowest BCUT2D eigenvalue weighted by molar-refractivity contribution is 0.102. The van der Waals surface area contributed by atoms with Crippen molar-refractivity contribution in [3.05, 3.63) is 100 Å². The van der Waals surface area contributed by atoms with E-state index in [0.29, 0.717) is 22.3 Å². The molecule has 1 heterocycles. The van der Waals surface area contributed by atoms with Crippen LogP contribution in [0.1, 0.15) is 35.7 Å². The van der Waals surface area contributed by atoms with Gasteiger partial charge in [-0.2, -0.15) is 0 Å². The van der Waals surface area contributed by atoms with Crippen molar-refractivity contribution < 1.29 is 9.21 Å². The van der Waals surface area contributed by atoms with Crippen LogP contribution < -0.4 is 10.9 Å². The molecule has 4 aromatic rings. The first kappa shape index (κ1) is 19.6. The zero-order valence-electron chi connectivity index (χ0n) is 16.9. The standard InChI is InChI=1S/C26H23NO3/c1-2-3-7-18-12-14-22(15-13-18)27-25(28)21-10-6-9-19(16-21)23-17-20-8-4-5-11-24(20)30-26(23)29/h4-6,8-17H,2-3,7H2,1H3,(H,27,28). The topological polar surface area (TPSA) is 59.3 Å². The lowest BCUT2D eigenvalue weighted by Crippen LogP contribution is -2.12. The molecule has 0 spiro atoms. The average Bonchev–Trinajstić information content (AvgIpc) is 2.78. The molecule has 150 valence electrons. The molecule has 4 rings (SSSR count). The van der Waals surface area contributed by atoms with E-state index in [-0.39, 0.29) is 5.91 Å². The fourth-order valence-electron chi connectivity index (χ4n) is 3.43. The Morgan fingerprint density at radius 3 is 2.53 bits per heavy atom. The monoisotopic (exact) mass is 397 g/mol. The number of hydrogen-bond donors (Lipinski definition) is 1. The van der Waals surface area contributed by atoms with Crippen LogP contribution in [0.2, 0.25) is 0 Å². The average molecular weight is 397 g/mol. The highest BCUT2D eigenvalue weighted by molar-refractivity contribution is 6.05. The van der Waals surface area contributed by atoms with E-state index >= 15 is 0 Å². The number of para-hydroxylation sites is 1. The normalized spacial score (nSPS) is 10.8. The van der Waals surface area contributed by atoms with Crippen molar-refractivity contribution in [3.8, 4) is 11.1 Å². The maximum absolute atomic E-state index is 12.7. The SMILES string of the molecule is CCCCc1ccc(NC(=O)c2cccc(-c3cc4ccccc4oc3=O)c2)cc1. The summed E-state index contributed by atoms with van der Waals surface area (Å²) in [6, 6.07) is 24.1. The highest BCUT2D eigenvalue weighted by Gasteiger charge is 2.11. The Hall–Kier alpha value is -3.66. The smallest absolute Gasteiger partial charge is 0.344 e. The number of benzene rings is 3. The summed E-state index contributed by atoms with van der Waals surface area (Å²) < 4.78 is 5.43. The molecule has 1 N–H and O–H groups in total.